The van der Waals surface area contributed by atoms with Crippen LogP contribution in [-0.4, -0.2) is 33.8 Å². The highest BCUT2D eigenvalue weighted by atomic mass is 16.2. The lowest BCUT2D eigenvalue weighted by Gasteiger charge is -2.10. The summed E-state index contributed by atoms with van der Waals surface area (Å²) in [6.07, 6.45) is 1.29. The van der Waals surface area contributed by atoms with Gasteiger partial charge in [-0.3, -0.25) is 23.7 Å². The van der Waals surface area contributed by atoms with Crippen LogP contribution in [0, 0.1) is 0 Å². The normalized spacial score (nSPS) is 10.4. The zero-order chi connectivity index (χ0) is 20.1. The van der Waals surface area contributed by atoms with Crippen LogP contribution in [0.5, 0.6) is 0 Å². The summed E-state index contributed by atoms with van der Waals surface area (Å²) in [6, 6.07) is 13.1. The summed E-state index contributed by atoms with van der Waals surface area (Å²) in [7, 11) is 0. The third-order valence-electron chi connectivity index (χ3n) is 3.96. The van der Waals surface area contributed by atoms with E-state index in [-0.39, 0.29) is 29.9 Å². The number of anilines is 1. The summed E-state index contributed by atoms with van der Waals surface area (Å²) < 4.78 is 1.16. The standard InChI is InChI=1S/C19H17N5O4/c20-18(27)12-5-1-4-8-15(12)23-16(25)9-21-17(26)10-24-11-22-14-7-3-2-6-13(14)19(24)28/h1-8,11H,9-10H2,(H2,20,27)(H,21,26)(H,23,25). The van der Waals surface area contributed by atoms with Crippen LogP contribution < -0.4 is 21.9 Å². The zero-order valence-corrected chi connectivity index (χ0v) is 14.7. The molecule has 28 heavy (non-hydrogen) atoms. The average molecular weight is 379 g/mol. The topological polar surface area (TPSA) is 136 Å². The number of nitrogens with zero attached hydrogens (tertiary/aromatic N) is 2. The van der Waals surface area contributed by atoms with Crippen molar-refractivity contribution in [1.82, 2.24) is 14.9 Å². The highest BCUT2D eigenvalue weighted by Gasteiger charge is 2.12. The van der Waals surface area contributed by atoms with Gasteiger partial charge in [-0.15, -0.1) is 0 Å². The number of fused-ring (bicyclic) bond motifs is 1. The number of primary amides is 1. The van der Waals surface area contributed by atoms with Gasteiger partial charge in [-0.05, 0) is 24.3 Å². The lowest BCUT2D eigenvalue weighted by molar-refractivity contribution is -0.124. The molecule has 0 atom stereocenters. The molecule has 2 aromatic carbocycles. The Bertz CT molecular complexity index is 1120. The van der Waals surface area contributed by atoms with E-state index in [9.17, 15) is 19.2 Å². The highest BCUT2D eigenvalue weighted by Crippen LogP contribution is 2.13. The number of benzene rings is 2. The Morgan fingerprint density at radius 2 is 1.71 bits per heavy atom. The first-order valence-corrected chi connectivity index (χ1v) is 8.35. The molecule has 9 heteroatoms. The van der Waals surface area contributed by atoms with Crippen LogP contribution in [0.15, 0.2) is 59.7 Å². The third-order valence-corrected chi connectivity index (χ3v) is 3.96. The minimum Gasteiger partial charge on any atom is -0.366 e. The van der Waals surface area contributed by atoms with Gasteiger partial charge in [0, 0.05) is 0 Å². The minimum absolute atomic E-state index is 0.163. The monoisotopic (exact) mass is 379 g/mol. The molecular formula is C19H17N5O4. The van der Waals surface area contributed by atoms with Gasteiger partial charge in [0.1, 0.15) is 6.54 Å². The summed E-state index contributed by atoms with van der Waals surface area (Å²) in [6.45, 7) is -0.608. The number of aromatic nitrogens is 2. The molecule has 1 aromatic heterocycles. The molecule has 0 aliphatic carbocycles. The Hall–Kier alpha value is -4.01. The molecule has 142 valence electrons. The fourth-order valence-corrected chi connectivity index (χ4v) is 2.61. The Morgan fingerprint density at radius 3 is 2.50 bits per heavy atom. The molecule has 0 radical (unpaired) electrons. The fourth-order valence-electron chi connectivity index (χ4n) is 2.61. The van der Waals surface area contributed by atoms with E-state index in [1.165, 1.54) is 18.5 Å². The van der Waals surface area contributed by atoms with Gasteiger partial charge in [-0.25, -0.2) is 4.98 Å². The minimum atomic E-state index is -0.678. The SMILES string of the molecule is NC(=O)c1ccccc1NC(=O)CNC(=O)Cn1cnc2ccccc2c1=O. The quantitative estimate of drug-likeness (QED) is 0.564. The first kappa shape index (κ1) is 18.8. The predicted molar refractivity (Wildman–Crippen MR) is 103 cm³/mol. The highest BCUT2D eigenvalue weighted by molar-refractivity contribution is 6.03. The Labute approximate surface area is 159 Å². The zero-order valence-electron chi connectivity index (χ0n) is 14.7. The predicted octanol–water partition coefficient (Wildman–Crippen LogP) is 0.250. The van der Waals surface area contributed by atoms with Gasteiger partial charge in [0.05, 0.1) is 35.0 Å². The van der Waals surface area contributed by atoms with Crippen LogP contribution in [0.2, 0.25) is 0 Å². The maximum Gasteiger partial charge on any atom is 0.261 e. The van der Waals surface area contributed by atoms with E-state index in [2.05, 4.69) is 15.6 Å². The summed E-state index contributed by atoms with van der Waals surface area (Å²) in [5.41, 5.74) is 5.86. The second-order valence-corrected chi connectivity index (χ2v) is 5.93. The number of amides is 3. The van der Waals surface area contributed by atoms with Crippen LogP contribution in [0.3, 0.4) is 0 Å². The van der Waals surface area contributed by atoms with Crippen LogP contribution in [0.4, 0.5) is 5.69 Å². The molecule has 0 spiro atoms. The van der Waals surface area contributed by atoms with Gasteiger partial charge in [0.25, 0.3) is 11.5 Å². The molecule has 0 aliphatic rings. The number of nitrogens with two attached hydrogens (primary N) is 1. The van der Waals surface area contributed by atoms with E-state index in [0.717, 1.165) is 4.57 Å². The largest absolute Gasteiger partial charge is 0.366 e. The molecule has 9 nitrogen and oxygen atoms in total. The molecule has 3 aromatic rings. The maximum absolute atomic E-state index is 12.4. The molecule has 0 unspecified atom stereocenters. The van der Waals surface area contributed by atoms with Crippen LogP contribution in [-0.2, 0) is 16.1 Å². The van der Waals surface area contributed by atoms with E-state index >= 15 is 0 Å². The van der Waals surface area contributed by atoms with E-state index < -0.39 is 17.7 Å². The first-order valence-electron chi connectivity index (χ1n) is 8.35. The summed E-state index contributed by atoms with van der Waals surface area (Å²) in [4.78, 5) is 52.0. The summed E-state index contributed by atoms with van der Waals surface area (Å²) >= 11 is 0. The number of carbonyl (C=O) groups excluding carboxylic acids is 3. The number of para-hydroxylation sites is 2. The van der Waals surface area contributed by atoms with E-state index in [4.69, 9.17) is 5.73 Å². The lowest BCUT2D eigenvalue weighted by Crippen LogP contribution is -2.37. The number of hydrogen-bond donors (Lipinski definition) is 3. The van der Waals surface area contributed by atoms with Crippen molar-refractivity contribution in [3.05, 3.63) is 70.8 Å². The molecular weight excluding hydrogens is 362 g/mol. The first-order chi connectivity index (χ1) is 13.5. The van der Waals surface area contributed by atoms with Crippen LogP contribution >= 0.6 is 0 Å². The molecule has 0 fully saturated rings. The van der Waals surface area contributed by atoms with Gasteiger partial charge in [0.15, 0.2) is 0 Å². The lowest BCUT2D eigenvalue weighted by atomic mass is 10.1. The number of rotatable bonds is 6. The average Bonchev–Trinajstić information content (AvgIpc) is 2.69. The van der Waals surface area contributed by atoms with Gasteiger partial charge < -0.3 is 16.4 Å². The Kier molecular flexibility index (Phi) is 5.45. The number of carbonyl (C=O) groups is 3. The van der Waals surface area contributed by atoms with Crippen molar-refractivity contribution in [3.8, 4) is 0 Å². The van der Waals surface area contributed by atoms with Gasteiger partial charge in [-0.2, -0.15) is 0 Å². The van der Waals surface area contributed by atoms with E-state index in [1.54, 1.807) is 36.4 Å². The van der Waals surface area contributed by atoms with Gasteiger partial charge >= 0.3 is 0 Å². The molecule has 4 N–H and O–H groups in total. The van der Waals surface area contributed by atoms with Crippen molar-refractivity contribution in [1.29, 1.82) is 0 Å². The fraction of sp³-hybridized carbons (Fsp3) is 0.105. The van der Waals surface area contributed by atoms with Crippen LogP contribution in [0.25, 0.3) is 10.9 Å². The molecule has 0 aliphatic heterocycles. The van der Waals surface area contributed by atoms with E-state index in [1.807, 2.05) is 0 Å². The smallest absolute Gasteiger partial charge is 0.261 e. The van der Waals surface area contributed by atoms with Crippen LogP contribution in [0.1, 0.15) is 10.4 Å². The molecule has 0 saturated carbocycles. The molecule has 0 bridgehead atoms. The van der Waals surface area contributed by atoms with Crippen molar-refractivity contribution < 1.29 is 14.4 Å². The second kappa shape index (κ2) is 8.12. The van der Waals surface area contributed by atoms with Crippen molar-refractivity contribution in [2.75, 3.05) is 11.9 Å². The Balaban J connectivity index is 1.60. The second-order valence-electron chi connectivity index (χ2n) is 5.93. The number of nitrogens with one attached hydrogen (secondary N) is 2. The van der Waals surface area contributed by atoms with Crippen molar-refractivity contribution >= 4 is 34.3 Å². The summed E-state index contributed by atoms with van der Waals surface area (Å²) in [5.74, 6) is -1.74. The van der Waals surface area contributed by atoms with Gasteiger partial charge in [0.2, 0.25) is 11.8 Å². The maximum atomic E-state index is 12.4. The summed E-state index contributed by atoms with van der Waals surface area (Å²) in [5, 5.41) is 5.33. The van der Waals surface area contributed by atoms with Crippen molar-refractivity contribution in [3.63, 3.8) is 0 Å². The Morgan fingerprint density at radius 1 is 1.00 bits per heavy atom. The third kappa shape index (κ3) is 4.21. The van der Waals surface area contributed by atoms with E-state index in [0.29, 0.717) is 10.9 Å². The van der Waals surface area contributed by atoms with Gasteiger partial charge in [-0.1, -0.05) is 24.3 Å². The van der Waals surface area contributed by atoms with Crippen molar-refractivity contribution in [2.45, 2.75) is 6.54 Å². The number of hydrogen-bond acceptors (Lipinski definition) is 5. The molecule has 0 saturated heterocycles. The molecule has 3 rings (SSSR count). The molecule has 3 amide bonds. The van der Waals surface area contributed by atoms with Crippen molar-refractivity contribution in [2.24, 2.45) is 5.73 Å². The molecule has 1 heterocycles.